The van der Waals surface area contributed by atoms with E-state index in [-0.39, 0.29) is 6.61 Å². The molecule has 0 saturated carbocycles. The van der Waals surface area contributed by atoms with Crippen molar-refractivity contribution in [3.05, 3.63) is 0 Å². The van der Waals surface area contributed by atoms with Gasteiger partial charge in [0.25, 0.3) is 0 Å². The molecule has 2 unspecified atom stereocenters. The Bertz CT molecular complexity index is 291. The molecule has 0 aliphatic carbocycles. The molecule has 0 spiro atoms. The van der Waals surface area contributed by atoms with Crippen molar-refractivity contribution in [1.82, 2.24) is 4.90 Å². The molecule has 1 aliphatic heterocycles. The van der Waals surface area contributed by atoms with Crippen LogP contribution < -0.4 is 11.5 Å². The van der Waals surface area contributed by atoms with Crippen LogP contribution in [0.2, 0.25) is 0 Å². The van der Waals surface area contributed by atoms with Crippen molar-refractivity contribution in [3.8, 4) is 0 Å². The van der Waals surface area contributed by atoms with Gasteiger partial charge in [0, 0.05) is 7.05 Å². The average molecular weight is 201 g/mol. The molecule has 1 heterocycles. The molecule has 78 valence electrons. The summed E-state index contributed by atoms with van der Waals surface area (Å²) >= 11 is 0. The molecule has 14 heavy (non-hydrogen) atoms. The highest BCUT2D eigenvalue weighted by Gasteiger charge is 2.41. The lowest BCUT2D eigenvalue weighted by atomic mass is 9.97. The van der Waals surface area contributed by atoms with Gasteiger partial charge >= 0.3 is 6.09 Å². The van der Waals surface area contributed by atoms with Gasteiger partial charge in [-0.2, -0.15) is 0 Å². The number of hydrogen-bond donors (Lipinski definition) is 2. The Hall–Kier alpha value is -1.79. The van der Waals surface area contributed by atoms with E-state index >= 15 is 0 Å². The van der Waals surface area contributed by atoms with Gasteiger partial charge < -0.3 is 16.2 Å². The molecule has 3 amide bonds. The highest BCUT2D eigenvalue weighted by atomic mass is 16.6. The molecular formula is C7H11N3O4. The lowest BCUT2D eigenvalue weighted by molar-refractivity contribution is -0.136. The number of primary amides is 2. The van der Waals surface area contributed by atoms with Crippen molar-refractivity contribution >= 4 is 17.9 Å². The van der Waals surface area contributed by atoms with E-state index in [0.29, 0.717) is 0 Å². The monoisotopic (exact) mass is 201 g/mol. The van der Waals surface area contributed by atoms with Gasteiger partial charge in [0.2, 0.25) is 11.8 Å². The Morgan fingerprint density at radius 3 is 2.43 bits per heavy atom. The molecule has 1 rings (SSSR count). The second kappa shape index (κ2) is 3.52. The number of rotatable bonds is 2. The molecule has 1 fully saturated rings. The van der Waals surface area contributed by atoms with E-state index in [4.69, 9.17) is 11.5 Å². The minimum absolute atomic E-state index is 0.202. The first-order chi connectivity index (χ1) is 6.45. The van der Waals surface area contributed by atoms with Crippen LogP contribution in [0.3, 0.4) is 0 Å². The van der Waals surface area contributed by atoms with E-state index in [1.165, 1.54) is 7.05 Å². The Morgan fingerprint density at radius 2 is 2.00 bits per heavy atom. The molecule has 0 aromatic carbocycles. The highest BCUT2D eigenvalue weighted by Crippen LogP contribution is 2.17. The fourth-order valence-corrected chi connectivity index (χ4v) is 1.36. The van der Waals surface area contributed by atoms with E-state index in [1.807, 2.05) is 0 Å². The predicted molar refractivity (Wildman–Crippen MR) is 44.8 cm³/mol. The predicted octanol–water partition coefficient (Wildman–Crippen LogP) is -1.98. The third-order valence-corrected chi connectivity index (χ3v) is 2.13. The zero-order valence-electron chi connectivity index (χ0n) is 7.60. The van der Waals surface area contributed by atoms with Gasteiger partial charge in [0.1, 0.15) is 18.6 Å². The molecule has 0 aromatic rings. The summed E-state index contributed by atoms with van der Waals surface area (Å²) in [6.07, 6.45) is -0.689. The lowest BCUT2D eigenvalue weighted by Gasteiger charge is -2.34. The molecule has 7 heteroatoms. The average Bonchev–Trinajstić information content (AvgIpc) is 2.08. The van der Waals surface area contributed by atoms with Crippen LogP contribution in [0.4, 0.5) is 4.79 Å². The van der Waals surface area contributed by atoms with Crippen LogP contribution in [0.5, 0.6) is 0 Å². The topological polar surface area (TPSA) is 116 Å². The maximum atomic E-state index is 11.0. The first-order valence-corrected chi connectivity index (χ1v) is 3.93. The SMILES string of the molecule is CN1C(=O)OCC(C(N)=O)C1C(N)=O. The maximum absolute atomic E-state index is 11.0. The van der Waals surface area contributed by atoms with Crippen LogP contribution in [0.1, 0.15) is 0 Å². The number of hydrogen-bond acceptors (Lipinski definition) is 4. The Morgan fingerprint density at radius 1 is 1.43 bits per heavy atom. The molecule has 1 saturated heterocycles. The van der Waals surface area contributed by atoms with Crippen LogP contribution in [0.25, 0.3) is 0 Å². The number of amides is 3. The summed E-state index contributed by atoms with van der Waals surface area (Å²) in [5.41, 5.74) is 10.1. The summed E-state index contributed by atoms with van der Waals surface area (Å²) in [5.74, 6) is -2.36. The molecule has 0 radical (unpaired) electrons. The van der Waals surface area contributed by atoms with E-state index in [2.05, 4.69) is 4.74 Å². The number of nitrogens with two attached hydrogens (primary N) is 2. The first-order valence-electron chi connectivity index (χ1n) is 3.93. The Kier molecular flexibility index (Phi) is 2.59. The zero-order valence-corrected chi connectivity index (χ0v) is 7.60. The lowest BCUT2D eigenvalue weighted by Crippen LogP contribution is -2.58. The molecule has 0 aromatic heterocycles. The smallest absolute Gasteiger partial charge is 0.410 e. The first kappa shape index (κ1) is 10.3. The molecule has 2 atom stereocenters. The number of cyclic esters (lactones) is 1. The summed E-state index contributed by atoms with van der Waals surface area (Å²) in [7, 11) is 1.33. The van der Waals surface area contributed by atoms with Crippen LogP contribution in [-0.4, -0.2) is 42.5 Å². The summed E-state index contributed by atoms with van der Waals surface area (Å²) in [5, 5.41) is 0. The van der Waals surface area contributed by atoms with Gasteiger partial charge in [-0.15, -0.1) is 0 Å². The van der Waals surface area contributed by atoms with E-state index in [9.17, 15) is 14.4 Å². The minimum atomic E-state index is -1.02. The molecule has 4 N–H and O–H groups in total. The largest absolute Gasteiger partial charge is 0.448 e. The van der Waals surface area contributed by atoms with Crippen LogP contribution in [-0.2, 0) is 14.3 Å². The quantitative estimate of drug-likeness (QED) is 0.538. The number of likely N-dealkylation sites (N-methyl/N-ethyl adjacent to an activating group) is 1. The van der Waals surface area contributed by atoms with E-state index < -0.39 is 29.9 Å². The standard InChI is InChI=1S/C7H11N3O4/c1-10-4(6(9)12)3(5(8)11)2-14-7(10)13/h3-4H,2H2,1H3,(H2,8,11)(H2,9,12). The van der Waals surface area contributed by atoms with Gasteiger partial charge in [0.05, 0.1) is 0 Å². The van der Waals surface area contributed by atoms with Crippen molar-refractivity contribution < 1.29 is 19.1 Å². The van der Waals surface area contributed by atoms with Crippen LogP contribution in [0.15, 0.2) is 0 Å². The number of nitrogens with zero attached hydrogens (tertiary/aromatic N) is 1. The zero-order chi connectivity index (χ0) is 10.9. The third-order valence-electron chi connectivity index (χ3n) is 2.13. The second-order valence-electron chi connectivity index (χ2n) is 3.04. The highest BCUT2D eigenvalue weighted by molar-refractivity contribution is 5.92. The van der Waals surface area contributed by atoms with Gasteiger partial charge in [-0.1, -0.05) is 0 Å². The Labute approximate surface area is 80.0 Å². The summed E-state index contributed by atoms with van der Waals surface area (Å²) in [6, 6.07) is -1.02. The fraction of sp³-hybridized carbons (Fsp3) is 0.571. The van der Waals surface area contributed by atoms with Crippen molar-refractivity contribution in [3.63, 3.8) is 0 Å². The van der Waals surface area contributed by atoms with Gasteiger partial charge in [-0.05, 0) is 0 Å². The summed E-state index contributed by atoms with van der Waals surface area (Å²) in [6.45, 7) is -0.202. The number of carbonyl (C=O) groups excluding carboxylic acids is 3. The summed E-state index contributed by atoms with van der Waals surface area (Å²) in [4.78, 5) is 33.9. The van der Waals surface area contributed by atoms with Gasteiger partial charge in [-0.25, -0.2) is 4.79 Å². The van der Waals surface area contributed by atoms with Crippen molar-refractivity contribution in [2.75, 3.05) is 13.7 Å². The molecule has 0 bridgehead atoms. The van der Waals surface area contributed by atoms with Crippen molar-refractivity contribution in [1.29, 1.82) is 0 Å². The fourth-order valence-electron chi connectivity index (χ4n) is 1.36. The number of ether oxygens (including phenoxy) is 1. The second-order valence-corrected chi connectivity index (χ2v) is 3.04. The molecule has 7 nitrogen and oxygen atoms in total. The Balaban J connectivity index is 2.93. The van der Waals surface area contributed by atoms with Gasteiger partial charge in [0.15, 0.2) is 0 Å². The minimum Gasteiger partial charge on any atom is -0.448 e. The van der Waals surface area contributed by atoms with Gasteiger partial charge in [-0.3, -0.25) is 14.5 Å². The van der Waals surface area contributed by atoms with Crippen molar-refractivity contribution in [2.45, 2.75) is 6.04 Å². The normalized spacial score (nSPS) is 26.9. The maximum Gasteiger partial charge on any atom is 0.410 e. The van der Waals surface area contributed by atoms with Crippen LogP contribution >= 0.6 is 0 Å². The molecule has 1 aliphatic rings. The van der Waals surface area contributed by atoms with E-state index in [0.717, 1.165) is 4.90 Å². The molecular weight excluding hydrogens is 190 g/mol. The number of carbonyl (C=O) groups is 3. The van der Waals surface area contributed by atoms with Crippen molar-refractivity contribution in [2.24, 2.45) is 17.4 Å². The third kappa shape index (κ3) is 1.61. The summed E-state index contributed by atoms with van der Waals surface area (Å²) < 4.78 is 4.62. The van der Waals surface area contributed by atoms with E-state index in [1.54, 1.807) is 0 Å². The van der Waals surface area contributed by atoms with Crippen LogP contribution in [0, 0.1) is 5.92 Å².